The van der Waals surface area contributed by atoms with Gasteiger partial charge >= 0.3 is 0 Å². The maximum atomic E-state index is 3.51. The van der Waals surface area contributed by atoms with E-state index in [1.807, 2.05) is 0 Å². The van der Waals surface area contributed by atoms with Crippen molar-refractivity contribution in [2.24, 2.45) is 11.8 Å². The van der Waals surface area contributed by atoms with Crippen LogP contribution in [-0.2, 0) is 0 Å². The minimum atomic E-state index is 0.833. The molecular weight excluding hydrogens is 220 g/mol. The predicted molar refractivity (Wildman–Crippen MR) is 79.1 cm³/mol. The number of anilines is 1. The molecule has 1 saturated heterocycles. The van der Waals surface area contributed by atoms with Gasteiger partial charge < -0.3 is 10.2 Å². The first-order chi connectivity index (χ1) is 8.65. The molecule has 1 heterocycles. The average Bonchev–Trinajstić information content (AvgIpc) is 2.78. The van der Waals surface area contributed by atoms with Crippen LogP contribution in [0.15, 0.2) is 24.3 Å². The van der Waals surface area contributed by atoms with E-state index in [1.165, 1.54) is 30.8 Å². The second kappa shape index (κ2) is 6.24. The van der Waals surface area contributed by atoms with Gasteiger partial charge in [-0.2, -0.15) is 0 Å². The van der Waals surface area contributed by atoms with E-state index in [0.29, 0.717) is 0 Å². The summed E-state index contributed by atoms with van der Waals surface area (Å²) in [6.45, 7) is 11.6. The van der Waals surface area contributed by atoms with Crippen LogP contribution < -0.4 is 5.32 Å². The zero-order chi connectivity index (χ0) is 13.0. The second-order valence-corrected chi connectivity index (χ2v) is 5.89. The zero-order valence-electron chi connectivity index (χ0n) is 11.9. The van der Waals surface area contributed by atoms with Crippen molar-refractivity contribution in [3.8, 4) is 0 Å². The van der Waals surface area contributed by atoms with Gasteiger partial charge in [-0.15, -0.1) is 0 Å². The van der Waals surface area contributed by atoms with E-state index < -0.39 is 0 Å². The lowest BCUT2D eigenvalue weighted by Gasteiger charge is -2.18. The Morgan fingerprint density at radius 3 is 2.89 bits per heavy atom. The van der Waals surface area contributed by atoms with E-state index in [-0.39, 0.29) is 0 Å². The summed E-state index contributed by atoms with van der Waals surface area (Å²) in [5.74, 6) is 1.74. The molecule has 1 unspecified atom stereocenters. The number of rotatable bonds is 5. The summed E-state index contributed by atoms with van der Waals surface area (Å²) >= 11 is 0. The van der Waals surface area contributed by atoms with Gasteiger partial charge in [0.2, 0.25) is 0 Å². The van der Waals surface area contributed by atoms with Crippen molar-refractivity contribution in [1.82, 2.24) is 4.90 Å². The Morgan fingerprint density at radius 2 is 2.22 bits per heavy atom. The van der Waals surface area contributed by atoms with Crippen molar-refractivity contribution in [2.45, 2.75) is 27.2 Å². The number of nitrogens with one attached hydrogen (secondary N) is 1. The maximum absolute atomic E-state index is 3.51. The Kier molecular flexibility index (Phi) is 4.65. The van der Waals surface area contributed by atoms with E-state index in [0.717, 1.165) is 24.9 Å². The lowest BCUT2D eigenvalue weighted by Crippen LogP contribution is -2.27. The van der Waals surface area contributed by atoms with Gasteiger partial charge in [-0.25, -0.2) is 0 Å². The number of benzene rings is 1. The van der Waals surface area contributed by atoms with Crippen LogP contribution in [0.2, 0.25) is 0 Å². The minimum absolute atomic E-state index is 0.833. The molecule has 1 N–H and O–H groups in total. The number of likely N-dealkylation sites (tertiary alicyclic amines) is 1. The standard InChI is InChI=1S/C16H26N2/c1-13(2)15-7-9-18(12-15)10-8-17-16-6-4-5-14(3)11-16/h4-6,11,13,15,17H,7-10,12H2,1-3H3. The van der Waals surface area contributed by atoms with Crippen molar-refractivity contribution in [2.75, 3.05) is 31.5 Å². The van der Waals surface area contributed by atoms with Gasteiger partial charge in [0, 0.05) is 25.3 Å². The summed E-state index contributed by atoms with van der Waals surface area (Å²) in [6.07, 6.45) is 1.38. The highest BCUT2D eigenvalue weighted by atomic mass is 15.2. The first-order valence-electron chi connectivity index (χ1n) is 7.18. The first-order valence-corrected chi connectivity index (χ1v) is 7.18. The van der Waals surface area contributed by atoms with Crippen molar-refractivity contribution < 1.29 is 0 Å². The Hall–Kier alpha value is -1.02. The van der Waals surface area contributed by atoms with Gasteiger partial charge in [0.05, 0.1) is 0 Å². The Bertz CT molecular complexity index is 373. The fourth-order valence-electron chi connectivity index (χ4n) is 2.72. The van der Waals surface area contributed by atoms with E-state index >= 15 is 0 Å². The molecule has 2 heteroatoms. The SMILES string of the molecule is Cc1cccc(NCCN2CCC(C(C)C)C2)c1. The number of hydrogen-bond donors (Lipinski definition) is 1. The Balaban J connectivity index is 1.70. The molecule has 1 atom stereocenters. The van der Waals surface area contributed by atoms with Crippen molar-refractivity contribution in [3.05, 3.63) is 29.8 Å². The molecule has 18 heavy (non-hydrogen) atoms. The number of nitrogens with zero attached hydrogens (tertiary/aromatic N) is 1. The summed E-state index contributed by atoms with van der Waals surface area (Å²) in [4.78, 5) is 2.59. The Morgan fingerprint density at radius 1 is 1.39 bits per heavy atom. The molecule has 1 aromatic carbocycles. The van der Waals surface area contributed by atoms with E-state index in [1.54, 1.807) is 0 Å². The van der Waals surface area contributed by atoms with Crippen LogP contribution >= 0.6 is 0 Å². The van der Waals surface area contributed by atoms with E-state index in [2.05, 4.69) is 55.3 Å². The van der Waals surface area contributed by atoms with Crippen LogP contribution in [0, 0.1) is 18.8 Å². The van der Waals surface area contributed by atoms with Gasteiger partial charge in [0.15, 0.2) is 0 Å². The molecule has 1 aliphatic heterocycles. The van der Waals surface area contributed by atoms with Crippen molar-refractivity contribution >= 4 is 5.69 Å². The van der Waals surface area contributed by atoms with Gasteiger partial charge in [-0.3, -0.25) is 0 Å². The normalized spacial score (nSPS) is 20.6. The molecule has 0 radical (unpaired) electrons. The topological polar surface area (TPSA) is 15.3 Å². The molecule has 2 rings (SSSR count). The largest absolute Gasteiger partial charge is 0.384 e. The molecule has 1 fully saturated rings. The molecular formula is C16H26N2. The third kappa shape index (κ3) is 3.74. The minimum Gasteiger partial charge on any atom is -0.384 e. The zero-order valence-corrected chi connectivity index (χ0v) is 11.9. The lowest BCUT2D eigenvalue weighted by atomic mass is 9.95. The fourth-order valence-corrected chi connectivity index (χ4v) is 2.72. The van der Waals surface area contributed by atoms with E-state index in [4.69, 9.17) is 0 Å². The first kappa shape index (κ1) is 13.4. The van der Waals surface area contributed by atoms with Gasteiger partial charge in [-0.1, -0.05) is 26.0 Å². The van der Waals surface area contributed by atoms with E-state index in [9.17, 15) is 0 Å². The summed E-state index contributed by atoms with van der Waals surface area (Å²) in [6, 6.07) is 8.61. The molecule has 0 bridgehead atoms. The van der Waals surface area contributed by atoms with Gasteiger partial charge in [0.1, 0.15) is 0 Å². The molecule has 0 amide bonds. The van der Waals surface area contributed by atoms with Gasteiger partial charge in [-0.05, 0) is 49.4 Å². The van der Waals surface area contributed by atoms with Crippen LogP contribution in [0.4, 0.5) is 5.69 Å². The molecule has 1 aromatic rings. The van der Waals surface area contributed by atoms with Crippen LogP contribution in [0.25, 0.3) is 0 Å². The molecule has 1 aliphatic rings. The average molecular weight is 246 g/mol. The maximum Gasteiger partial charge on any atom is 0.0343 e. The fraction of sp³-hybridized carbons (Fsp3) is 0.625. The van der Waals surface area contributed by atoms with Crippen LogP contribution in [0.3, 0.4) is 0 Å². The molecule has 0 aliphatic carbocycles. The predicted octanol–water partition coefficient (Wildman–Crippen LogP) is 3.38. The summed E-state index contributed by atoms with van der Waals surface area (Å²) in [5, 5.41) is 3.51. The molecule has 0 saturated carbocycles. The molecule has 100 valence electrons. The third-order valence-electron chi connectivity index (χ3n) is 4.03. The molecule has 2 nitrogen and oxygen atoms in total. The van der Waals surface area contributed by atoms with Crippen LogP contribution in [-0.4, -0.2) is 31.1 Å². The van der Waals surface area contributed by atoms with Crippen LogP contribution in [0.5, 0.6) is 0 Å². The highest BCUT2D eigenvalue weighted by molar-refractivity contribution is 5.45. The summed E-state index contributed by atoms with van der Waals surface area (Å²) < 4.78 is 0. The number of aryl methyl sites for hydroxylation is 1. The monoisotopic (exact) mass is 246 g/mol. The highest BCUT2D eigenvalue weighted by Crippen LogP contribution is 2.23. The van der Waals surface area contributed by atoms with Crippen molar-refractivity contribution in [3.63, 3.8) is 0 Å². The third-order valence-corrected chi connectivity index (χ3v) is 4.03. The van der Waals surface area contributed by atoms with Crippen molar-refractivity contribution in [1.29, 1.82) is 0 Å². The molecule has 0 spiro atoms. The Labute approximate surface area is 111 Å². The summed E-state index contributed by atoms with van der Waals surface area (Å²) in [7, 11) is 0. The highest BCUT2D eigenvalue weighted by Gasteiger charge is 2.23. The smallest absolute Gasteiger partial charge is 0.0343 e. The summed E-state index contributed by atoms with van der Waals surface area (Å²) in [5.41, 5.74) is 2.57. The van der Waals surface area contributed by atoms with Gasteiger partial charge in [0.25, 0.3) is 0 Å². The molecule has 0 aromatic heterocycles. The van der Waals surface area contributed by atoms with Crippen LogP contribution in [0.1, 0.15) is 25.8 Å². The quantitative estimate of drug-likeness (QED) is 0.857. The number of hydrogen-bond acceptors (Lipinski definition) is 2. The lowest BCUT2D eigenvalue weighted by molar-refractivity contribution is 0.313. The second-order valence-electron chi connectivity index (χ2n) is 5.89.